The number of nitrogens with zero attached hydrogens (tertiary/aromatic N) is 4. The van der Waals surface area contributed by atoms with Crippen LogP contribution in [-0.2, 0) is 4.79 Å². The van der Waals surface area contributed by atoms with Crippen molar-refractivity contribution in [2.75, 3.05) is 13.6 Å². The van der Waals surface area contributed by atoms with Crippen LogP contribution in [0.5, 0.6) is 0 Å². The Morgan fingerprint density at radius 1 is 1.42 bits per heavy atom. The SMILES string of the molecule is C[C@@H](Sc1ncnc2c1oc1ccccc12)C(=O)N(C)CCC#N. The Labute approximate surface area is 143 Å². The molecule has 0 spiro atoms. The molecule has 1 aromatic carbocycles. The predicted molar refractivity (Wildman–Crippen MR) is 92.5 cm³/mol. The number of carbonyl (C=O) groups is 1. The van der Waals surface area contributed by atoms with Crippen molar-refractivity contribution in [3.8, 4) is 6.07 Å². The van der Waals surface area contributed by atoms with E-state index in [0.29, 0.717) is 23.6 Å². The molecule has 0 N–H and O–H groups in total. The van der Waals surface area contributed by atoms with Crippen LogP contribution in [0.3, 0.4) is 0 Å². The van der Waals surface area contributed by atoms with Crippen molar-refractivity contribution in [3.63, 3.8) is 0 Å². The first kappa shape index (κ1) is 16.3. The Bertz CT molecular complexity index is 931. The second-order valence-corrected chi connectivity index (χ2v) is 6.71. The van der Waals surface area contributed by atoms with Crippen molar-refractivity contribution < 1.29 is 9.21 Å². The van der Waals surface area contributed by atoms with Crippen LogP contribution in [-0.4, -0.2) is 39.6 Å². The Morgan fingerprint density at radius 2 is 2.21 bits per heavy atom. The maximum absolute atomic E-state index is 12.4. The van der Waals surface area contributed by atoms with Crippen LogP contribution in [0, 0.1) is 11.3 Å². The Kier molecular flexibility index (Phi) is 4.67. The molecule has 6 nitrogen and oxygen atoms in total. The number of furan rings is 1. The van der Waals surface area contributed by atoms with Gasteiger partial charge in [0.1, 0.15) is 22.5 Å². The minimum absolute atomic E-state index is 0.0434. The lowest BCUT2D eigenvalue weighted by molar-refractivity contribution is -0.128. The van der Waals surface area contributed by atoms with Gasteiger partial charge >= 0.3 is 0 Å². The van der Waals surface area contributed by atoms with Gasteiger partial charge in [0.2, 0.25) is 5.91 Å². The number of rotatable bonds is 5. The van der Waals surface area contributed by atoms with Gasteiger partial charge in [0.25, 0.3) is 0 Å². The molecule has 0 unspecified atom stereocenters. The molecular formula is C17H16N4O2S. The van der Waals surface area contributed by atoms with E-state index in [9.17, 15) is 4.79 Å². The van der Waals surface area contributed by atoms with E-state index < -0.39 is 0 Å². The molecule has 24 heavy (non-hydrogen) atoms. The average molecular weight is 340 g/mol. The highest BCUT2D eigenvalue weighted by Gasteiger charge is 2.22. The standard InChI is InChI=1S/C17H16N4O2S/c1-11(17(22)21(2)9-5-8-18)24-16-15-14(19-10-20-16)12-6-3-4-7-13(12)23-15/h3-4,6-7,10-11H,5,9H2,1-2H3/t11-/m1/s1. The van der Waals surface area contributed by atoms with E-state index in [4.69, 9.17) is 9.68 Å². The molecular weight excluding hydrogens is 324 g/mol. The first-order chi connectivity index (χ1) is 11.6. The second-order valence-electron chi connectivity index (χ2n) is 5.38. The van der Waals surface area contributed by atoms with Gasteiger partial charge in [-0.2, -0.15) is 5.26 Å². The van der Waals surface area contributed by atoms with Crippen LogP contribution in [0.1, 0.15) is 13.3 Å². The van der Waals surface area contributed by atoms with Crippen LogP contribution in [0.25, 0.3) is 22.1 Å². The first-order valence-electron chi connectivity index (χ1n) is 7.52. The fourth-order valence-corrected chi connectivity index (χ4v) is 3.41. The highest BCUT2D eigenvalue weighted by atomic mass is 32.2. The number of nitriles is 1. The van der Waals surface area contributed by atoms with E-state index in [2.05, 4.69) is 9.97 Å². The normalized spacial score (nSPS) is 12.2. The first-order valence-corrected chi connectivity index (χ1v) is 8.40. The topological polar surface area (TPSA) is 83.0 Å². The molecule has 7 heteroatoms. The number of aromatic nitrogens is 2. The number of para-hydroxylation sites is 1. The van der Waals surface area contributed by atoms with Crippen molar-refractivity contribution in [2.45, 2.75) is 23.6 Å². The van der Waals surface area contributed by atoms with Crippen molar-refractivity contribution in [1.82, 2.24) is 14.9 Å². The number of thioether (sulfide) groups is 1. The summed E-state index contributed by atoms with van der Waals surface area (Å²) < 4.78 is 5.88. The van der Waals surface area contributed by atoms with Crippen LogP contribution >= 0.6 is 11.8 Å². The lowest BCUT2D eigenvalue weighted by Crippen LogP contribution is -2.33. The monoisotopic (exact) mass is 340 g/mol. The number of hydrogen-bond donors (Lipinski definition) is 0. The summed E-state index contributed by atoms with van der Waals surface area (Å²) in [4.78, 5) is 22.5. The van der Waals surface area contributed by atoms with Crippen LogP contribution in [0.4, 0.5) is 0 Å². The zero-order valence-corrected chi connectivity index (χ0v) is 14.2. The van der Waals surface area contributed by atoms with E-state index in [1.165, 1.54) is 18.1 Å². The Balaban J connectivity index is 1.87. The molecule has 1 amide bonds. The molecule has 2 heterocycles. The summed E-state index contributed by atoms with van der Waals surface area (Å²) >= 11 is 1.34. The number of carbonyl (C=O) groups excluding carboxylic acids is 1. The fourth-order valence-electron chi connectivity index (χ4n) is 2.44. The molecule has 3 rings (SSSR count). The van der Waals surface area contributed by atoms with Gasteiger partial charge in [-0.1, -0.05) is 23.9 Å². The molecule has 2 aromatic heterocycles. The van der Waals surface area contributed by atoms with E-state index >= 15 is 0 Å². The van der Waals surface area contributed by atoms with Gasteiger partial charge < -0.3 is 9.32 Å². The number of hydrogen-bond acceptors (Lipinski definition) is 6. The van der Waals surface area contributed by atoms with E-state index in [0.717, 1.165) is 16.5 Å². The molecule has 1 atom stereocenters. The minimum atomic E-state index is -0.333. The van der Waals surface area contributed by atoms with Gasteiger partial charge in [0.15, 0.2) is 5.58 Å². The summed E-state index contributed by atoms with van der Waals surface area (Å²) in [6.45, 7) is 2.25. The number of fused-ring (bicyclic) bond motifs is 3. The second kappa shape index (κ2) is 6.89. The molecule has 0 bridgehead atoms. The number of benzene rings is 1. The summed E-state index contributed by atoms with van der Waals surface area (Å²) in [5.41, 5.74) is 2.10. The zero-order valence-electron chi connectivity index (χ0n) is 13.4. The molecule has 0 aliphatic rings. The summed E-state index contributed by atoms with van der Waals surface area (Å²) in [5.74, 6) is -0.0434. The summed E-state index contributed by atoms with van der Waals surface area (Å²) in [6, 6.07) is 9.72. The third-order valence-electron chi connectivity index (χ3n) is 3.70. The molecule has 0 saturated carbocycles. The molecule has 3 aromatic rings. The van der Waals surface area contributed by atoms with Gasteiger partial charge in [0.05, 0.1) is 17.7 Å². The Morgan fingerprint density at radius 3 is 3.00 bits per heavy atom. The molecule has 0 aliphatic carbocycles. The molecule has 0 radical (unpaired) electrons. The van der Waals surface area contributed by atoms with Crippen molar-refractivity contribution in [3.05, 3.63) is 30.6 Å². The molecule has 0 saturated heterocycles. The maximum Gasteiger partial charge on any atom is 0.235 e. The third kappa shape index (κ3) is 3.05. The van der Waals surface area contributed by atoms with Crippen molar-refractivity contribution in [2.24, 2.45) is 0 Å². The van der Waals surface area contributed by atoms with Crippen LogP contribution < -0.4 is 0 Å². The van der Waals surface area contributed by atoms with E-state index in [1.54, 1.807) is 11.9 Å². The van der Waals surface area contributed by atoms with Crippen LogP contribution in [0.15, 0.2) is 40.0 Å². The molecule has 122 valence electrons. The van der Waals surface area contributed by atoms with E-state index in [1.807, 2.05) is 37.3 Å². The quantitative estimate of drug-likeness (QED) is 0.524. The van der Waals surface area contributed by atoms with Gasteiger partial charge in [0, 0.05) is 19.0 Å². The van der Waals surface area contributed by atoms with E-state index in [-0.39, 0.29) is 11.2 Å². The van der Waals surface area contributed by atoms with Crippen molar-refractivity contribution in [1.29, 1.82) is 5.26 Å². The van der Waals surface area contributed by atoms with Gasteiger partial charge in [-0.25, -0.2) is 9.97 Å². The minimum Gasteiger partial charge on any atom is -0.451 e. The van der Waals surface area contributed by atoms with Gasteiger partial charge in [-0.3, -0.25) is 4.79 Å². The summed E-state index contributed by atoms with van der Waals surface area (Å²) in [7, 11) is 1.70. The highest BCUT2D eigenvalue weighted by molar-refractivity contribution is 8.00. The molecule has 0 aliphatic heterocycles. The maximum atomic E-state index is 12.4. The zero-order chi connectivity index (χ0) is 17.1. The smallest absolute Gasteiger partial charge is 0.235 e. The average Bonchev–Trinajstić information content (AvgIpc) is 2.98. The van der Waals surface area contributed by atoms with Gasteiger partial charge in [-0.15, -0.1) is 0 Å². The predicted octanol–water partition coefficient (Wildman–Crippen LogP) is 3.23. The van der Waals surface area contributed by atoms with Crippen LogP contribution in [0.2, 0.25) is 0 Å². The largest absolute Gasteiger partial charge is 0.451 e. The lowest BCUT2D eigenvalue weighted by Gasteiger charge is -2.19. The molecule has 0 fully saturated rings. The lowest BCUT2D eigenvalue weighted by atomic mass is 10.2. The highest BCUT2D eigenvalue weighted by Crippen LogP contribution is 2.34. The van der Waals surface area contributed by atoms with Crippen molar-refractivity contribution >= 4 is 39.7 Å². The summed E-state index contributed by atoms with van der Waals surface area (Å²) in [5, 5.41) is 9.88. The Hall–Kier alpha value is -2.59. The summed E-state index contributed by atoms with van der Waals surface area (Å²) in [6.07, 6.45) is 1.81. The van der Waals surface area contributed by atoms with Gasteiger partial charge in [-0.05, 0) is 19.1 Å². The third-order valence-corrected chi connectivity index (χ3v) is 4.77. The fraction of sp³-hybridized carbons (Fsp3) is 0.294. The number of amides is 1.